The van der Waals surface area contributed by atoms with Crippen molar-refractivity contribution < 1.29 is 9.90 Å². The number of anilines is 1. The molecule has 4 N–H and O–H groups in total. The highest BCUT2D eigenvalue weighted by Gasteiger charge is 2.24. The highest BCUT2D eigenvalue weighted by molar-refractivity contribution is 9.10. The molecular formula is C14H19BrN2O2. The van der Waals surface area contributed by atoms with Gasteiger partial charge in [0.25, 0.3) is 0 Å². The molecule has 2 rings (SSSR count). The van der Waals surface area contributed by atoms with Crippen molar-refractivity contribution in [1.82, 2.24) is 0 Å². The lowest BCUT2D eigenvalue weighted by molar-refractivity contribution is -0.117. The van der Waals surface area contributed by atoms with E-state index in [9.17, 15) is 9.90 Å². The number of nitrogens with two attached hydrogens (primary N) is 1. The summed E-state index contributed by atoms with van der Waals surface area (Å²) in [5.74, 6) is 0.239. The molecule has 2 atom stereocenters. The quantitative estimate of drug-likeness (QED) is 0.747. The number of halogens is 1. The van der Waals surface area contributed by atoms with Crippen LogP contribution in [-0.4, -0.2) is 17.1 Å². The average Bonchev–Trinajstić information content (AvgIpc) is 2.37. The van der Waals surface area contributed by atoms with Gasteiger partial charge in [0.1, 0.15) is 5.75 Å². The number of benzene rings is 1. The Bertz CT molecular complexity index is 465. The molecule has 0 aromatic heterocycles. The van der Waals surface area contributed by atoms with Crippen LogP contribution in [0.5, 0.6) is 5.75 Å². The van der Waals surface area contributed by atoms with Gasteiger partial charge in [-0.2, -0.15) is 0 Å². The van der Waals surface area contributed by atoms with Crippen LogP contribution in [-0.2, 0) is 4.79 Å². The van der Waals surface area contributed by atoms with Crippen LogP contribution >= 0.6 is 15.9 Å². The molecular weight excluding hydrogens is 308 g/mol. The van der Waals surface area contributed by atoms with Crippen LogP contribution in [0.25, 0.3) is 0 Å². The van der Waals surface area contributed by atoms with Gasteiger partial charge in [-0.15, -0.1) is 0 Å². The first kappa shape index (κ1) is 14.3. The van der Waals surface area contributed by atoms with Gasteiger partial charge in [0, 0.05) is 16.9 Å². The number of rotatable bonds is 3. The van der Waals surface area contributed by atoms with Gasteiger partial charge in [-0.25, -0.2) is 0 Å². The maximum absolute atomic E-state index is 12.0. The Morgan fingerprint density at radius 1 is 1.42 bits per heavy atom. The Morgan fingerprint density at radius 3 is 2.89 bits per heavy atom. The lowest BCUT2D eigenvalue weighted by atomic mass is 9.83. The molecule has 2 unspecified atom stereocenters. The standard InChI is InChI=1S/C14H19BrN2O2/c15-10-5-6-13(18)12(8-10)17-14(19)7-9-3-1-2-4-11(9)16/h5-6,8-9,11,18H,1-4,7,16H2,(H,17,19). The van der Waals surface area contributed by atoms with Crippen LogP contribution in [0, 0.1) is 5.92 Å². The molecule has 0 radical (unpaired) electrons. The summed E-state index contributed by atoms with van der Waals surface area (Å²) < 4.78 is 0.815. The topological polar surface area (TPSA) is 75.4 Å². The van der Waals surface area contributed by atoms with Gasteiger partial charge in [0.15, 0.2) is 0 Å². The van der Waals surface area contributed by atoms with Crippen molar-refractivity contribution in [2.75, 3.05) is 5.32 Å². The van der Waals surface area contributed by atoms with E-state index in [-0.39, 0.29) is 23.6 Å². The third-order valence-corrected chi connectivity index (χ3v) is 4.14. The molecule has 1 saturated carbocycles. The summed E-state index contributed by atoms with van der Waals surface area (Å²) in [6.45, 7) is 0. The van der Waals surface area contributed by atoms with Crippen LogP contribution in [0.15, 0.2) is 22.7 Å². The van der Waals surface area contributed by atoms with Gasteiger partial charge >= 0.3 is 0 Å². The van der Waals surface area contributed by atoms with E-state index in [1.165, 1.54) is 0 Å². The van der Waals surface area contributed by atoms with E-state index in [1.54, 1.807) is 18.2 Å². The SMILES string of the molecule is NC1CCCCC1CC(=O)Nc1cc(Br)ccc1O. The first-order valence-electron chi connectivity index (χ1n) is 6.60. The lowest BCUT2D eigenvalue weighted by Gasteiger charge is -2.28. The van der Waals surface area contributed by atoms with E-state index >= 15 is 0 Å². The zero-order valence-electron chi connectivity index (χ0n) is 10.7. The summed E-state index contributed by atoms with van der Waals surface area (Å²) in [5, 5.41) is 12.4. The molecule has 1 amide bonds. The fraction of sp³-hybridized carbons (Fsp3) is 0.500. The van der Waals surface area contributed by atoms with E-state index in [2.05, 4.69) is 21.2 Å². The summed E-state index contributed by atoms with van der Waals surface area (Å²) in [5.41, 5.74) is 6.47. The Labute approximate surface area is 121 Å². The highest BCUT2D eigenvalue weighted by atomic mass is 79.9. The minimum Gasteiger partial charge on any atom is -0.506 e. The van der Waals surface area contributed by atoms with Gasteiger partial charge in [-0.05, 0) is 37.0 Å². The summed E-state index contributed by atoms with van der Waals surface area (Å²) in [7, 11) is 0. The molecule has 5 heteroatoms. The van der Waals surface area contributed by atoms with Gasteiger partial charge in [-0.3, -0.25) is 4.79 Å². The van der Waals surface area contributed by atoms with Crippen molar-refractivity contribution in [3.63, 3.8) is 0 Å². The molecule has 0 spiro atoms. The van der Waals surface area contributed by atoms with Crippen molar-refractivity contribution in [1.29, 1.82) is 0 Å². The van der Waals surface area contributed by atoms with E-state index in [0.717, 1.165) is 30.2 Å². The molecule has 4 nitrogen and oxygen atoms in total. The van der Waals surface area contributed by atoms with Crippen LogP contribution < -0.4 is 11.1 Å². The van der Waals surface area contributed by atoms with Gasteiger partial charge in [0.05, 0.1) is 5.69 Å². The van der Waals surface area contributed by atoms with E-state index in [4.69, 9.17) is 5.73 Å². The van der Waals surface area contributed by atoms with Gasteiger partial charge in [0.2, 0.25) is 5.91 Å². The summed E-state index contributed by atoms with van der Waals surface area (Å²) >= 11 is 3.31. The molecule has 104 valence electrons. The molecule has 1 aliphatic rings. The van der Waals surface area contributed by atoms with Crippen LogP contribution in [0.4, 0.5) is 5.69 Å². The molecule has 1 fully saturated rings. The fourth-order valence-corrected chi connectivity index (χ4v) is 2.90. The molecule has 19 heavy (non-hydrogen) atoms. The van der Waals surface area contributed by atoms with Crippen LogP contribution in [0.2, 0.25) is 0 Å². The lowest BCUT2D eigenvalue weighted by Crippen LogP contribution is -2.35. The Morgan fingerprint density at radius 2 is 2.16 bits per heavy atom. The summed E-state index contributed by atoms with van der Waals surface area (Å²) in [4.78, 5) is 12.0. The minimum atomic E-state index is -0.0873. The van der Waals surface area contributed by atoms with E-state index < -0.39 is 0 Å². The molecule has 1 aromatic carbocycles. The summed E-state index contributed by atoms with van der Waals surface area (Å²) in [6, 6.07) is 5.08. The number of aromatic hydroxyl groups is 1. The Hall–Kier alpha value is -1.07. The molecule has 0 bridgehead atoms. The number of carbonyl (C=O) groups excluding carboxylic acids is 1. The smallest absolute Gasteiger partial charge is 0.224 e. The number of hydrogen-bond donors (Lipinski definition) is 3. The van der Waals surface area contributed by atoms with Crippen molar-refractivity contribution in [2.45, 2.75) is 38.1 Å². The number of phenols is 1. The van der Waals surface area contributed by atoms with Crippen molar-refractivity contribution in [2.24, 2.45) is 11.7 Å². The van der Waals surface area contributed by atoms with E-state index in [0.29, 0.717) is 12.1 Å². The largest absolute Gasteiger partial charge is 0.506 e. The second-order valence-corrected chi connectivity index (χ2v) is 6.04. The first-order valence-corrected chi connectivity index (χ1v) is 7.39. The molecule has 0 saturated heterocycles. The Kier molecular flexibility index (Phi) is 4.82. The van der Waals surface area contributed by atoms with Crippen molar-refractivity contribution >= 4 is 27.5 Å². The van der Waals surface area contributed by atoms with Crippen LogP contribution in [0.1, 0.15) is 32.1 Å². The van der Waals surface area contributed by atoms with Gasteiger partial charge in [-0.1, -0.05) is 28.8 Å². The maximum atomic E-state index is 12.0. The monoisotopic (exact) mass is 326 g/mol. The number of phenolic OH excluding ortho intramolecular Hbond substituents is 1. The second-order valence-electron chi connectivity index (χ2n) is 5.12. The molecule has 1 aliphatic carbocycles. The maximum Gasteiger partial charge on any atom is 0.224 e. The summed E-state index contributed by atoms with van der Waals surface area (Å²) in [6.07, 6.45) is 4.74. The minimum absolute atomic E-state index is 0.0736. The molecule has 1 aromatic rings. The molecule has 0 heterocycles. The third-order valence-electron chi connectivity index (χ3n) is 3.65. The fourth-order valence-electron chi connectivity index (χ4n) is 2.54. The van der Waals surface area contributed by atoms with Crippen LogP contribution in [0.3, 0.4) is 0 Å². The predicted molar refractivity (Wildman–Crippen MR) is 79.0 cm³/mol. The van der Waals surface area contributed by atoms with E-state index in [1.807, 2.05) is 0 Å². The Balaban J connectivity index is 1.95. The third kappa shape index (κ3) is 3.94. The molecule has 0 aliphatic heterocycles. The number of amides is 1. The number of carbonyl (C=O) groups is 1. The first-order chi connectivity index (χ1) is 9.06. The average molecular weight is 327 g/mol. The van der Waals surface area contributed by atoms with Crippen molar-refractivity contribution in [3.8, 4) is 5.75 Å². The number of nitrogens with one attached hydrogen (secondary N) is 1. The van der Waals surface area contributed by atoms with Gasteiger partial charge < -0.3 is 16.2 Å². The normalized spacial score (nSPS) is 23.1. The van der Waals surface area contributed by atoms with Crippen molar-refractivity contribution in [3.05, 3.63) is 22.7 Å². The highest BCUT2D eigenvalue weighted by Crippen LogP contribution is 2.29. The second kappa shape index (κ2) is 6.39. The number of hydrogen-bond acceptors (Lipinski definition) is 3. The predicted octanol–water partition coefficient (Wildman–Crippen LogP) is 3.00. The zero-order chi connectivity index (χ0) is 13.8. The zero-order valence-corrected chi connectivity index (χ0v) is 12.3.